The van der Waals surface area contributed by atoms with Gasteiger partial charge < -0.3 is 4.74 Å². The molecule has 0 spiro atoms. The number of allylic oxidation sites excluding steroid dienone is 1. The van der Waals surface area contributed by atoms with Crippen molar-refractivity contribution in [3.05, 3.63) is 11.0 Å². The molecule has 0 rings (SSSR count). The molecule has 0 unspecified atom stereocenters. The third kappa shape index (κ3) is 4.44. The molecule has 0 aromatic heterocycles. The van der Waals surface area contributed by atoms with Crippen molar-refractivity contribution in [3.8, 4) is 0 Å². The molecule has 0 aromatic rings. The second-order valence-corrected chi connectivity index (χ2v) is 2.67. The van der Waals surface area contributed by atoms with Crippen LogP contribution in [-0.4, -0.2) is 18.8 Å². The minimum Gasteiger partial charge on any atom is -0.460 e. The summed E-state index contributed by atoms with van der Waals surface area (Å²) >= 11 is 1.60. The number of carbonyl (C=O) groups excluding carboxylic acids is 1. The first-order valence-corrected chi connectivity index (χ1v) is 4.25. The van der Waals surface area contributed by atoms with Gasteiger partial charge in [-0.05, 0) is 13.2 Å². The van der Waals surface area contributed by atoms with Crippen molar-refractivity contribution in [1.82, 2.24) is 0 Å². The number of rotatable bonds is 3. The average Bonchev–Trinajstić information content (AvgIpc) is 1.90. The van der Waals surface area contributed by atoms with Gasteiger partial charge in [0.1, 0.15) is 6.61 Å². The lowest BCUT2D eigenvalue weighted by Crippen LogP contribution is -2.00. The molecule has 2 nitrogen and oxygen atoms in total. The predicted molar refractivity (Wildman–Crippen MR) is 43.9 cm³/mol. The van der Waals surface area contributed by atoms with Crippen LogP contribution in [0, 0.1) is 0 Å². The molecule has 3 heteroatoms. The lowest BCUT2D eigenvalue weighted by Gasteiger charge is -2.01. The normalized spacial score (nSPS) is 11.3. The molecule has 0 aliphatic heterocycles. The second-order valence-electron chi connectivity index (χ2n) is 1.74. The predicted octanol–water partition coefficient (Wildman–Crippen LogP) is 1.82. The van der Waals surface area contributed by atoms with E-state index in [9.17, 15) is 4.79 Å². The van der Waals surface area contributed by atoms with Crippen LogP contribution >= 0.6 is 11.8 Å². The molecule has 0 saturated heterocycles. The van der Waals surface area contributed by atoms with Crippen molar-refractivity contribution in [3.63, 3.8) is 0 Å². The molecule has 0 heterocycles. The fraction of sp³-hybridized carbons (Fsp3) is 0.571. The van der Waals surface area contributed by atoms with Gasteiger partial charge in [-0.15, -0.1) is 11.8 Å². The Kier molecular flexibility index (Phi) is 5.12. The Bertz CT molecular complexity index is 141. The van der Waals surface area contributed by atoms with Crippen molar-refractivity contribution in [2.75, 3.05) is 12.9 Å². The molecule has 0 aromatic carbocycles. The van der Waals surface area contributed by atoms with Crippen molar-refractivity contribution >= 4 is 17.7 Å². The summed E-state index contributed by atoms with van der Waals surface area (Å²) in [6.07, 6.45) is 3.90. The van der Waals surface area contributed by atoms with E-state index in [1.54, 1.807) is 11.8 Å². The van der Waals surface area contributed by atoms with Crippen LogP contribution in [-0.2, 0) is 9.53 Å². The lowest BCUT2D eigenvalue weighted by molar-refractivity contribution is -0.139. The van der Waals surface area contributed by atoms with E-state index in [-0.39, 0.29) is 5.97 Å². The van der Waals surface area contributed by atoms with Crippen LogP contribution in [0.5, 0.6) is 0 Å². The van der Waals surface area contributed by atoms with Crippen LogP contribution in [0.4, 0.5) is 0 Å². The second kappa shape index (κ2) is 5.35. The van der Waals surface area contributed by atoms with Crippen LogP contribution in [0.25, 0.3) is 0 Å². The average molecular weight is 160 g/mol. The molecule has 0 N–H and O–H groups in total. The first kappa shape index (κ1) is 9.56. The van der Waals surface area contributed by atoms with Crippen LogP contribution in [0.1, 0.15) is 13.8 Å². The molecule has 58 valence electrons. The van der Waals surface area contributed by atoms with E-state index < -0.39 is 0 Å². The Labute approximate surface area is 65.6 Å². The molecule has 0 aliphatic carbocycles. The van der Waals surface area contributed by atoms with Gasteiger partial charge >= 0.3 is 5.97 Å². The van der Waals surface area contributed by atoms with E-state index in [4.69, 9.17) is 4.74 Å². The Hall–Kier alpha value is -0.440. The Morgan fingerprint density at radius 2 is 2.30 bits per heavy atom. The van der Waals surface area contributed by atoms with E-state index in [1.807, 2.05) is 19.3 Å². The molecule has 0 saturated carbocycles. The van der Waals surface area contributed by atoms with Crippen LogP contribution in [0.3, 0.4) is 0 Å². The number of esters is 1. The van der Waals surface area contributed by atoms with Crippen molar-refractivity contribution in [1.29, 1.82) is 0 Å². The molecular formula is C7H12O2S. The summed E-state index contributed by atoms with van der Waals surface area (Å²) in [6, 6.07) is 0. The van der Waals surface area contributed by atoms with E-state index in [1.165, 1.54) is 6.92 Å². The van der Waals surface area contributed by atoms with Gasteiger partial charge in [0.05, 0.1) is 0 Å². The van der Waals surface area contributed by atoms with Crippen LogP contribution in [0.2, 0.25) is 0 Å². The van der Waals surface area contributed by atoms with E-state index in [0.717, 1.165) is 4.91 Å². The van der Waals surface area contributed by atoms with E-state index in [0.29, 0.717) is 6.61 Å². The Balaban J connectivity index is 3.56. The van der Waals surface area contributed by atoms with E-state index in [2.05, 4.69) is 0 Å². The zero-order valence-corrected chi connectivity index (χ0v) is 7.33. The van der Waals surface area contributed by atoms with E-state index >= 15 is 0 Å². The summed E-state index contributed by atoms with van der Waals surface area (Å²) < 4.78 is 4.76. The van der Waals surface area contributed by atoms with Gasteiger partial charge in [0.2, 0.25) is 0 Å². The van der Waals surface area contributed by atoms with Gasteiger partial charge in [-0.3, -0.25) is 4.79 Å². The van der Waals surface area contributed by atoms with Crippen LogP contribution in [0.15, 0.2) is 11.0 Å². The highest BCUT2D eigenvalue weighted by Crippen LogP contribution is 2.10. The fourth-order valence-corrected chi connectivity index (χ4v) is 0.845. The molecule has 0 fully saturated rings. The monoisotopic (exact) mass is 160 g/mol. The molecule has 10 heavy (non-hydrogen) atoms. The van der Waals surface area contributed by atoms with Gasteiger partial charge in [-0.2, -0.15) is 0 Å². The highest BCUT2D eigenvalue weighted by molar-refractivity contribution is 8.02. The maximum atomic E-state index is 10.3. The zero-order valence-electron chi connectivity index (χ0n) is 6.51. The maximum absolute atomic E-state index is 10.3. The highest BCUT2D eigenvalue weighted by Gasteiger charge is 1.95. The third-order valence-corrected chi connectivity index (χ3v) is 1.88. The largest absolute Gasteiger partial charge is 0.460 e. The lowest BCUT2D eigenvalue weighted by atomic mass is 10.5. The zero-order chi connectivity index (χ0) is 7.98. The van der Waals surface area contributed by atoms with Gasteiger partial charge in [-0.1, -0.05) is 6.08 Å². The fourth-order valence-electron chi connectivity index (χ4n) is 0.433. The molecule has 0 aliphatic rings. The number of ether oxygens (including phenoxy) is 1. The highest BCUT2D eigenvalue weighted by atomic mass is 32.2. The molecule has 0 amide bonds. The number of hydrogen-bond donors (Lipinski definition) is 0. The molecule has 0 bridgehead atoms. The summed E-state index contributed by atoms with van der Waals surface area (Å²) in [5.74, 6) is -0.228. The standard InChI is InChI=1S/C7H12O2S/c1-4-7(10-3)5-9-6(2)8/h4H,5H2,1-3H3. The topological polar surface area (TPSA) is 26.3 Å². The van der Waals surface area contributed by atoms with Gasteiger partial charge in [0.15, 0.2) is 0 Å². The SMILES string of the molecule is CC=C(COC(C)=O)SC. The molecule has 0 radical (unpaired) electrons. The van der Waals surface area contributed by atoms with Gasteiger partial charge in [-0.25, -0.2) is 0 Å². The summed E-state index contributed by atoms with van der Waals surface area (Å²) in [5, 5.41) is 0. The van der Waals surface area contributed by atoms with Crippen molar-refractivity contribution < 1.29 is 9.53 Å². The minimum absolute atomic E-state index is 0.228. The number of thioether (sulfide) groups is 1. The number of hydrogen-bond acceptors (Lipinski definition) is 3. The summed E-state index contributed by atoms with van der Waals surface area (Å²) in [6.45, 7) is 3.75. The van der Waals surface area contributed by atoms with Crippen molar-refractivity contribution in [2.24, 2.45) is 0 Å². The summed E-state index contributed by atoms with van der Waals surface area (Å²) in [7, 11) is 0. The minimum atomic E-state index is -0.228. The first-order valence-electron chi connectivity index (χ1n) is 3.03. The van der Waals surface area contributed by atoms with Gasteiger partial charge in [0, 0.05) is 11.8 Å². The summed E-state index contributed by atoms with van der Waals surface area (Å²) in [5.41, 5.74) is 0. The van der Waals surface area contributed by atoms with Crippen LogP contribution < -0.4 is 0 Å². The quantitative estimate of drug-likeness (QED) is 0.589. The smallest absolute Gasteiger partial charge is 0.302 e. The molecular weight excluding hydrogens is 148 g/mol. The molecule has 0 atom stereocenters. The number of carbonyl (C=O) groups is 1. The summed E-state index contributed by atoms with van der Waals surface area (Å²) in [4.78, 5) is 11.4. The van der Waals surface area contributed by atoms with Crippen molar-refractivity contribution in [2.45, 2.75) is 13.8 Å². The van der Waals surface area contributed by atoms with Gasteiger partial charge in [0.25, 0.3) is 0 Å². The first-order chi connectivity index (χ1) is 4.70. The third-order valence-electron chi connectivity index (χ3n) is 1.00. The maximum Gasteiger partial charge on any atom is 0.302 e. The Morgan fingerprint density at radius 1 is 1.70 bits per heavy atom. The Morgan fingerprint density at radius 3 is 2.60 bits per heavy atom.